The summed E-state index contributed by atoms with van der Waals surface area (Å²) in [6.07, 6.45) is -10.1. The number of alkyl halides is 10. The fourth-order valence-electron chi connectivity index (χ4n) is 9.51. The van der Waals surface area contributed by atoms with Gasteiger partial charge in [-0.15, -0.1) is 11.6 Å². The molecule has 5 heterocycles. The van der Waals surface area contributed by atoms with Crippen LogP contribution in [0.2, 0.25) is 0 Å². The molecule has 0 atom stereocenters. The van der Waals surface area contributed by atoms with Gasteiger partial charge in [-0.1, -0.05) is 0 Å². The third-order valence-electron chi connectivity index (χ3n) is 14.0. The normalized spacial score (nSPS) is 13.3. The highest BCUT2D eigenvalue weighted by Gasteiger charge is 2.40. The van der Waals surface area contributed by atoms with Crippen molar-refractivity contribution < 1.29 is 102 Å². The Hall–Kier alpha value is -8.29. The first-order valence-corrected chi connectivity index (χ1v) is 32.9. The van der Waals surface area contributed by atoms with Gasteiger partial charge in [0.1, 0.15) is 53.6 Å². The van der Waals surface area contributed by atoms with Crippen LogP contribution < -0.4 is 14.5 Å². The van der Waals surface area contributed by atoms with Crippen molar-refractivity contribution in [2.45, 2.75) is 228 Å². The zero-order valence-corrected chi connectivity index (χ0v) is 61.0. The Morgan fingerprint density at radius 2 is 0.861 bits per heavy atom. The number of aromatic nitrogens is 6. The van der Waals surface area contributed by atoms with Gasteiger partial charge in [-0.2, -0.15) is 54.8 Å². The van der Waals surface area contributed by atoms with Crippen LogP contribution >= 0.6 is 11.6 Å². The number of ether oxygens (including phenoxy) is 5. The van der Waals surface area contributed by atoms with Gasteiger partial charge in [0, 0.05) is 91.0 Å². The fraction of sp³-hybridized carbons (Fsp3) is 0.603. The van der Waals surface area contributed by atoms with Gasteiger partial charge in [0.25, 0.3) is 0 Å². The molecule has 2 aromatic carbocycles. The molecule has 7 rings (SSSR count). The van der Waals surface area contributed by atoms with Gasteiger partial charge in [0.2, 0.25) is 11.8 Å². The standard InChI is InChI=1S/C30H41F3N4O6.C22H32N2O6.C8H10ClF3N2.C8H11F3N2O/c1-19(2)37-16-21(26(34-37)30(31,32)33)18-41-22-9-10-23-20(15-22)11-14-36(23)24(38)17-35(27(40)43-29(6,7)8)13-12-25(39)42-28(3,4)5;1-21(2,3)29-19(27)10-11-23(20(28)30-22(4,5)6)14-18(26)24-12-9-15-13-16(25)7-8-17(15)24;1-5(2)14-4-6(3-9)7(13-14)8(10,11)12;1-5(2)13-3-6(4-14)7(12-13)8(9,10)11/h9-10,15-16,19H,11-14,17-18H2,1-8H3;7-8,13,25H,9-12,14H2,1-6H3;4-5H,3H2,1-2H3;3,5,14H,4H2,1-2H3. The molecular weight excluding hydrogens is 1370 g/mol. The summed E-state index contributed by atoms with van der Waals surface area (Å²) in [5.74, 6) is -1.30. The lowest BCUT2D eigenvalue weighted by Gasteiger charge is -2.29. The topological polar surface area (TPSA) is 255 Å². The van der Waals surface area contributed by atoms with E-state index < -0.39 is 88.7 Å². The van der Waals surface area contributed by atoms with Crippen LogP contribution in [0, 0.1) is 0 Å². The number of phenolic OH excluding ortho intramolecular Hbond substituents is 1. The Bertz CT molecular complexity index is 3570. The van der Waals surface area contributed by atoms with E-state index in [4.69, 9.17) is 40.4 Å². The second kappa shape index (κ2) is 34.6. The van der Waals surface area contributed by atoms with Gasteiger partial charge in [0.05, 0.1) is 25.3 Å². The number of phenols is 1. The van der Waals surface area contributed by atoms with Crippen molar-refractivity contribution in [1.82, 2.24) is 39.1 Å². The van der Waals surface area contributed by atoms with Crippen LogP contribution in [0.4, 0.5) is 60.5 Å². The van der Waals surface area contributed by atoms with Gasteiger partial charge < -0.3 is 43.7 Å². The minimum Gasteiger partial charge on any atom is -0.508 e. The summed E-state index contributed by atoms with van der Waals surface area (Å²) in [7, 11) is 0. The number of aromatic hydroxyl groups is 1. The van der Waals surface area contributed by atoms with Crippen LogP contribution in [-0.4, -0.2) is 147 Å². The molecule has 0 saturated carbocycles. The van der Waals surface area contributed by atoms with Crippen LogP contribution in [-0.2, 0) is 88.6 Å². The van der Waals surface area contributed by atoms with Crippen LogP contribution in [0.3, 0.4) is 0 Å². The molecule has 0 radical (unpaired) electrons. The quantitative estimate of drug-likeness (QED) is 0.0358. The summed E-state index contributed by atoms with van der Waals surface area (Å²) in [6, 6.07) is 9.28. The van der Waals surface area contributed by atoms with Crippen molar-refractivity contribution in [3.05, 3.63) is 99.9 Å². The van der Waals surface area contributed by atoms with E-state index in [1.165, 1.54) is 53.4 Å². The van der Waals surface area contributed by atoms with E-state index in [0.717, 1.165) is 11.1 Å². The number of carbonyl (C=O) groups is 6. The molecule has 3 aromatic heterocycles. The molecule has 5 aromatic rings. The number of nitrogens with zero attached hydrogens (tertiary/aromatic N) is 10. The number of carbonyl (C=O) groups excluding carboxylic acids is 6. The summed E-state index contributed by atoms with van der Waals surface area (Å²) >= 11 is 5.40. The van der Waals surface area contributed by atoms with E-state index in [9.17, 15) is 73.4 Å². The molecule has 0 fully saturated rings. The van der Waals surface area contributed by atoms with Crippen molar-refractivity contribution >= 4 is 58.9 Å². The van der Waals surface area contributed by atoms with Gasteiger partial charge >= 0.3 is 42.7 Å². The van der Waals surface area contributed by atoms with E-state index in [0.29, 0.717) is 43.1 Å². The number of aliphatic hydroxyl groups is 1. The Morgan fingerprint density at radius 3 is 1.20 bits per heavy atom. The lowest BCUT2D eigenvalue weighted by atomic mass is 10.1. The smallest absolute Gasteiger partial charge is 0.435 e. The molecule has 2 aliphatic rings. The summed E-state index contributed by atoms with van der Waals surface area (Å²) in [5, 5.41) is 28.9. The zero-order chi connectivity index (χ0) is 76.9. The first-order chi connectivity index (χ1) is 46.2. The summed E-state index contributed by atoms with van der Waals surface area (Å²) < 4.78 is 146. The van der Waals surface area contributed by atoms with Crippen molar-refractivity contribution in [1.29, 1.82) is 0 Å². The molecule has 101 heavy (non-hydrogen) atoms. The SMILES string of the molecule is CC(C)(C)OC(=O)CCN(CC(=O)N1CCc2cc(O)ccc21)C(=O)OC(C)(C)C.CC(C)n1cc(CCl)c(C(F)(F)F)n1.CC(C)n1cc(CO)c(C(F)(F)F)n1.CC(C)n1cc(COc2ccc3c(c2)CCN3C(=O)CN(CCC(=O)OC(C)(C)C)C(=O)OC(C)(C)C)c(C(F)(F)F)n1. The van der Waals surface area contributed by atoms with E-state index in [-0.39, 0.29) is 104 Å². The molecule has 23 nitrogen and oxygen atoms in total. The van der Waals surface area contributed by atoms with Gasteiger partial charge in [0.15, 0.2) is 17.1 Å². The van der Waals surface area contributed by atoms with Crippen molar-refractivity contribution in [3.63, 3.8) is 0 Å². The summed E-state index contributed by atoms with van der Waals surface area (Å²) in [6.45, 7) is 30.5. The molecule has 33 heteroatoms. The molecule has 0 saturated heterocycles. The maximum Gasteiger partial charge on any atom is 0.435 e. The molecule has 0 aliphatic carbocycles. The van der Waals surface area contributed by atoms with Crippen molar-refractivity contribution in [2.75, 3.05) is 49.1 Å². The van der Waals surface area contributed by atoms with Crippen LogP contribution in [0.5, 0.6) is 11.5 Å². The molecule has 0 spiro atoms. The van der Waals surface area contributed by atoms with Crippen molar-refractivity contribution in [2.24, 2.45) is 0 Å². The van der Waals surface area contributed by atoms with Crippen LogP contribution in [0.1, 0.15) is 200 Å². The molecule has 564 valence electrons. The van der Waals surface area contributed by atoms with E-state index in [2.05, 4.69) is 15.3 Å². The molecule has 2 N–H and O–H groups in total. The van der Waals surface area contributed by atoms with Gasteiger partial charge in [-0.05, 0) is 185 Å². The Labute approximate surface area is 587 Å². The number of hydrogen-bond acceptors (Lipinski definition) is 16. The number of aliphatic hydroxyl groups excluding tert-OH is 1. The van der Waals surface area contributed by atoms with E-state index in [1.807, 2.05) is 0 Å². The Balaban J connectivity index is 0.000000319. The number of anilines is 2. The number of hydrogen-bond donors (Lipinski definition) is 2. The number of esters is 2. The highest BCUT2D eigenvalue weighted by Crippen LogP contribution is 2.37. The molecule has 2 aliphatic heterocycles. The second-order valence-electron chi connectivity index (χ2n) is 28.5. The third kappa shape index (κ3) is 27.2. The minimum absolute atomic E-state index is 0.00580. The monoisotopic (exact) mass is 1460 g/mol. The molecular formula is C68H94ClF9N10O13. The minimum atomic E-state index is -4.61. The summed E-state index contributed by atoms with van der Waals surface area (Å²) in [4.78, 5) is 81.7. The number of benzene rings is 2. The number of amides is 4. The molecule has 0 unspecified atom stereocenters. The number of fused-ring (bicyclic) bond motifs is 2. The zero-order valence-electron chi connectivity index (χ0n) is 60.3. The third-order valence-corrected chi connectivity index (χ3v) is 14.3. The highest BCUT2D eigenvalue weighted by molar-refractivity contribution is 6.17. The van der Waals surface area contributed by atoms with Gasteiger partial charge in [-0.25, -0.2) is 9.59 Å². The van der Waals surface area contributed by atoms with Crippen molar-refractivity contribution in [3.8, 4) is 11.5 Å². The maximum atomic E-state index is 13.5. The lowest BCUT2D eigenvalue weighted by Crippen LogP contribution is -2.45. The number of rotatable bonds is 18. The Morgan fingerprint density at radius 1 is 0.515 bits per heavy atom. The first kappa shape index (κ1) is 85.1. The average molecular weight is 1470 g/mol. The molecule has 4 amide bonds. The predicted molar refractivity (Wildman–Crippen MR) is 356 cm³/mol. The van der Waals surface area contributed by atoms with Gasteiger partial charge in [-0.3, -0.25) is 43.0 Å². The molecule has 0 bridgehead atoms. The average Bonchev–Trinajstić information content (AvgIpc) is 1.70. The van der Waals surface area contributed by atoms with Crippen LogP contribution in [0.15, 0.2) is 55.0 Å². The highest BCUT2D eigenvalue weighted by atomic mass is 35.5. The fourth-order valence-corrected chi connectivity index (χ4v) is 9.71. The first-order valence-electron chi connectivity index (χ1n) is 32.4. The second-order valence-corrected chi connectivity index (χ2v) is 28.7. The lowest BCUT2D eigenvalue weighted by molar-refractivity contribution is -0.156. The summed E-state index contributed by atoms with van der Waals surface area (Å²) in [5.41, 5.74) is -3.01. The largest absolute Gasteiger partial charge is 0.508 e. The van der Waals surface area contributed by atoms with E-state index >= 15 is 0 Å². The van der Waals surface area contributed by atoms with E-state index in [1.54, 1.807) is 160 Å². The maximum absolute atomic E-state index is 13.5. The Kier molecular flexibility index (Phi) is 29.1. The number of halogens is 10. The predicted octanol–water partition coefficient (Wildman–Crippen LogP) is 14.4. The van der Waals surface area contributed by atoms with Crippen LogP contribution in [0.25, 0.3) is 0 Å².